The second kappa shape index (κ2) is 10.1. The molecule has 0 radical (unpaired) electrons. The maximum Gasteiger partial charge on any atom is 0.410 e. The standard InChI is InChI=1S/C15H30N4O2.HI/c1-6-16-13(18-12-8-9-12)17-10-11-19(7-2)14(20)21-15(3,4)5;/h12H,6-11H2,1-5H3,(H2,16,17,18);1H. The van der Waals surface area contributed by atoms with Crippen molar-refractivity contribution in [1.82, 2.24) is 15.5 Å². The van der Waals surface area contributed by atoms with Crippen molar-refractivity contribution in [3.8, 4) is 0 Å². The van der Waals surface area contributed by atoms with E-state index in [1.807, 2.05) is 34.6 Å². The summed E-state index contributed by atoms with van der Waals surface area (Å²) in [6.07, 6.45) is 2.15. The molecule has 0 aromatic rings. The molecular weight excluding hydrogens is 395 g/mol. The highest BCUT2D eigenvalue weighted by Gasteiger charge is 2.23. The fourth-order valence-corrected chi connectivity index (χ4v) is 1.73. The zero-order valence-electron chi connectivity index (χ0n) is 14.4. The van der Waals surface area contributed by atoms with Gasteiger partial charge in [0.1, 0.15) is 5.60 Å². The summed E-state index contributed by atoms with van der Waals surface area (Å²) in [7, 11) is 0. The van der Waals surface area contributed by atoms with Gasteiger partial charge in [0.2, 0.25) is 0 Å². The van der Waals surface area contributed by atoms with E-state index in [2.05, 4.69) is 15.6 Å². The number of guanidine groups is 1. The Balaban J connectivity index is 0.00000441. The summed E-state index contributed by atoms with van der Waals surface area (Å²) < 4.78 is 5.38. The van der Waals surface area contributed by atoms with Crippen LogP contribution in [-0.2, 0) is 4.74 Å². The Labute approximate surface area is 151 Å². The van der Waals surface area contributed by atoms with Crippen LogP contribution in [0.5, 0.6) is 0 Å². The molecule has 2 N–H and O–H groups in total. The molecule has 6 nitrogen and oxygen atoms in total. The first-order chi connectivity index (χ1) is 9.85. The molecule has 130 valence electrons. The van der Waals surface area contributed by atoms with Crippen LogP contribution in [0, 0.1) is 0 Å². The van der Waals surface area contributed by atoms with Crippen LogP contribution in [0.1, 0.15) is 47.5 Å². The first-order valence-corrected chi connectivity index (χ1v) is 7.88. The molecule has 0 aromatic carbocycles. The summed E-state index contributed by atoms with van der Waals surface area (Å²) in [6.45, 7) is 12.2. The van der Waals surface area contributed by atoms with E-state index in [-0.39, 0.29) is 30.1 Å². The van der Waals surface area contributed by atoms with E-state index in [1.54, 1.807) is 4.90 Å². The lowest BCUT2D eigenvalue weighted by Crippen LogP contribution is -2.40. The number of carbonyl (C=O) groups is 1. The van der Waals surface area contributed by atoms with Crippen LogP contribution in [0.4, 0.5) is 4.79 Å². The maximum atomic E-state index is 12.0. The van der Waals surface area contributed by atoms with Gasteiger partial charge in [0.05, 0.1) is 6.54 Å². The van der Waals surface area contributed by atoms with Crippen LogP contribution >= 0.6 is 24.0 Å². The monoisotopic (exact) mass is 426 g/mol. The minimum atomic E-state index is -0.462. The number of halogens is 1. The molecule has 7 heteroatoms. The SMILES string of the molecule is CCNC(=NCCN(CC)C(=O)OC(C)(C)C)NC1CC1.I. The lowest BCUT2D eigenvalue weighted by Gasteiger charge is -2.26. The highest BCUT2D eigenvalue weighted by molar-refractivity contribution is 14.0. The number of rotatable bonds is 6. The molecule has 0 atom stereocenters. The second-order valence-electron chi connectivity index (χ2n) is 6.24. The quantitative estimate of drug-likeness (QED) is 0.389. The van der Waals surface area contributed by atoms with Gasteiger partial charge in [-0.15, -0.1) is 24.0 Å². The number of nitrogens with one attached hydrogen (secondary N) is 2. The molecule has 1 fully saturated rings. The first-order valence-electron chi connectivity index (χ1n) is 7.88. The number of hydrogen-bond acceptors (Lipinski definition) is 3. The Morgan fingerprint density at radius 1 is 1.32 bits per heavy atom. The molecule has 0 aromatic heterocycles. The zero-order valence-corrected chi connectivity index (χ0v) is 16.8. The molecule has 1 rings (SSSR count). The minimum Gasteiger partial charge on any atom is -0.444 e. The Morgan fingerprint density at radius 2 is 1.95 bits per heavy atom. The Bertz CT molecular complexity index is 365. The number of likely N-dealkylation sites (N-methyl/N-ethyl adjacent to an activating group) is 1. The average Bonchev–Trinajstić information content (AvgIpc) is 3.16. The minimum absolute atomic E-state index is 0. The molecule has 22 heavy (non-hydrogen) atoms. The van der Waals surface area contributed by atoms with Crippen molar-refractivity contribution in [1.29, 1.82) is 0 Å². The van der Waals surface area contributed by atoms with Crippen molar-refractivity contribution < 1.29 is 9.53 Å². The van der Waals surface area contributed by atoms with Crippen molar-refractivity contribution in [2.24, 2.45) is 4.99 Å². The number of hydrogen-bond donors (Lipinski definition) is 2. The lowest BCUT2D eigenvalue weighted by molar-refractivity contribution is 0.0266. The average molecular weight is 426 g/mol. The summed E-state index contributed by atoms with van der Waals surface area (Å²) in [4.78, 5) is 18.2. The van der Waals surface area contributed by atoms with Crippen molar-refractivity contribution >= 4 is 36.0 Å². The van der Waals surface area contributed by atoms with Crippen molar-refractivity contribution in [2.45, 2.75) is 59.1 Å². The summed E-state index contributed by atoms with van der Waals surface area (Å²) >= 11 is 0. The van der Waals surface area contributed by atoms with Crippen LogP contribution < -0.4 is 10.6 Å². The fraction of sp³-hybridized carbons (Fsp3) is 0.867. The third-order valence-electron chi connectivity index (χ3n) is 2.94. The number of ether oxygens (including phenoxy) is 1. The molecule has 0 bridgehead atoms. The van der Waals surface area contributed by atoms with E-state index in [0.29, 0.717) is 25.7 Å². The normalized spacial score (nSPS) is 14.9. The van der Waals surface area contributed by atoms with Gasteiger partial charge in [0.15, 0.2) is 5.96 Å². The molecule has 1 aliphatic rings. The molecule has 1 aliphatic carbocycles. The van der Waals surface area contributed by atoms with E-state index in [0.717, 1.165) is 12.5 Å². The summed E-state index contributed by atoms with van der Waals surface area (Å²) in [5.74, 6) is 0.834. The van der Waals surface area contributed by atoms with E-state index in [9.17, 15) is 4.79 Å². The van der Waals surface area contributed by atoms with Gasteiger partial charge in [0, 0.05) is 25.7 Å². The molecule has 0 unspecified atom stereocenters. The Kier molecular flexibility index (Phi) is 9.79. The highest BCUT2D eigenvalue weighted by Crippen LogP contribution is 2.18. The van der Waals surface area contributed by atoms with Gasteiger partial charge in [-0.25, -0.2) is 4.79 Å². The fourth-order valence-electron chi connectivity index (χ4n) is 1.73. The number of aliphatic imine (C=N–C) groups is 1. The highest BCUT2D eigenvalue weighted by atomic mass is 127. The third kappa shape index (κ3) is 9.32. The molecule has 1 saturated carbocycles. The molecule has 0 aliphatic heterocycles. The third-order valence-corrected chi connectivity index (χ3v) is 2.94. The lowest BCUT2D eigenvalue weighted by atomic mass is 10.2. The van der Waals surface area contributed by atoms with Gasteiger partial charge in [-0.2, -0.15) is 0 Å². The van der Waals surface area contributed by atoms with Gasteiger partial charge in [-0.05, 0) is 47.5 Å². The largest absolute Gasteiger partial charge is 0.444 e. The number of amides is 1. The van der Waals surface area contributed by atoms with Gasteiger partial charge in [-0.3, -0.25) is 4.99 Å². The van der Waals surface area contributed by atoms with Gasteiger partial charge < -0.3 is 20.3 Å². The zero-order chi connectivity index (χ0) is 15.9. The van der Waals surface area contributed by atoms with Crippen molar-refractivity contribution in [3.63, 3.8) is 0 Å². The van der Waals surface area contributed by atoms with Crippen LogP contribution in [0.3, 0.4) is 0 Å². The Morgan fingerprint density at radius 3 is 2.41 bits per heavy atom. The predicted molar refractivity (Wildman–Crippen MR) is 101 cm³/mol. The van der Waals surface area contributed by atoms with Gasteiger partial charge in [-0.1, -0.05) is 0 Å². The molecule has 0 heterocycles. The number of nitrogens with zero attached hydrogens (tertiary/aromatic N) is 2. The topological polar surface area (TPSA) is 66.0 Å². The first kappa shape index (κ1) is 21.3. The van der Waals surface area contributed by atoms with Crippen LogP contribution in [0.25, 0.3) is 0 Å². The summed E-state index contributed by atoms with van der Waals surface area (Å²) in [5.41, 5.74) is -0.462. The van der Waals surface area contributed by atoms with Gasteiger partial charge in [0.25, 0.3) is 0 Å². The Hall–Kier alpha value is -0.730. The van der Waals surface area contributed by atoms with E-state index < -0.39 is 5.60 Å². The molecule has 0 spiro atoms. The molecule has 0 saturated heterocycles. The van der Waals surface area contributed by atoms with E-state index >= 15 is 0 Å². The summed E-state index contributed by atoms with van der Waals surface area (Å²) in [6, 6.07) is 0.566. The van der Waals surface area contributed by atoms with Crippen LogP contribution in [0.15, 0.2) is 4.99 Å². The smallest absolute Gasteiger partial charge is 0.410 e. The van der Waals surface area contributed by atoms with Crippen molar-refractivity contribution in [2.75, 3.05) is 26.2 Å². The number of carbonyl (C=O) groups excluding carboxylic acids is 1. The van der Waals surface area contributed by atoms with Crippen LogP contribution in [-0.4, -0.2) is 54.8 Å². The van der Waals surface area contributed by atoms with Gasteiger partial charge >= 0.3 is 6.09 Å². The van der Waals surface area contributed by atoms with Crippen LogP contribution in [0.2, 0.25) is 0 Å². The molecular formula is C15H31IN4O2. The second-order valence-corrected chi connectivity index (χ2v) is 6.24. The predicted octanol–water partition coefficient (Wildman–Crippen LogP) is 2.58. The van der Waals surface area contributed by atoms with Crippen molar-refractivity contribution in [3.05, 3.63) is 0 Å². The molecule has 1 amide bonds. The summed E-state index contributed by atoms with van der Waals surface area (Å²) in [5, 5.41) is 6.57. The van der Waals surface area contributed by atoms with E-state index in [4.69, 9.17) is 4.74 Å². The maximum absolute atomic E-state index is 12.0. The van der Waals surface area contributed by atoms with E-state index in [1.165, 1.54) is 12.8 Å².